The third kappa shape index (κ3) is 5.36. The van der Waals surface area contributed by atoms with Gasteiger partial charge >= 0.3 is 5.97 Å². The molecular weight excluding hydrogens is 280 g/mol. The van der Waals surface area contributed by atoms with E-state index in [1.807, 2.05) is 36.0 Å². The van der Waals surface area contributed by atoms with Gasteiger partial charge in [-0.3, -0.25) is 9.69 Å². The number of rotatable bonds is 8. The first-order valence-electron chi connectivity index (χ1n) is 6.34. The molecule has 0 heterocycles. The van der Waals surface area contributed by atoms with E-state index < -0.39 is 5.97 Å². The van der Waals surface area contributed by atoms with Crippen LogP contribution in [-0.2, 0) is 11.3 Å². The van der Waals surface area contributed by atoms with Gasteiger partial charge in [0, 0.05) is 30.2 Å². The average Bonchev–Trinajstić information content (AvgIpc) is 2.37. The number of ether oxygens (including phenoxy) is 1. The molecule has 1 N–H and O–H groups in total. The maximum atomic E-state index is 11.0. The molecular formula is C14H21ClN2O3. The van der Waals surface area contributed by atoms with Crippen LogP contribution in [0.2, 0.25) is 5.02 Å². The third-order valence-electron chi connectivity index (χ3n) is 2.90. The van der Waals surface area contributed by atoms with E-state index in [1.54, 1.807) is 13.2 Å². The summed E-state index contributed by atoms with van der Waals surface area (Å²) >= 11 is 6.19. The Hall–Kier alpha value is -1.30. The summed E-state index contributed by atoms with van der Waals surface area (Å²) in [5, 5.41) is 9.59. The standard InChI is InChI=1S/C14H21ClN2O3/c1-16(2)7-8-17(10-14(18)19)9-11-12(15)5-4-6-13(11)20-3/h4-6H,7-10H2,1-3H3,(H,18,19). The minimum absolute atomic E-state index is 0.0256. The Balaban J connectivity index is 2.85. The van der Waals surface area contributed by atoms with Gasteiger partial charge in [-0.1, -0.05) is 17.7 Å². The zero-order valence-corrected chi connectivity index (χ0v) is 12.9. The molecule has 0 aliphatic carbocycles. The van der Waals surface area contributed by atoms with E-state index in [1.165, 1.54) is 0 Å². The normalized spacial score (nSPS) is 11.1. The Morgan fingerprint density at radius 1 is 1.35 bits per heavy atom. The lowest BCUT2D eigenvalue weighted by atomic mass is 10.2. The molecule has 1 rings (SSSR count). The Morgan fingerprint density at radius 3 is 2.60 bits per heavy atom. The lowest BCUT2D eigenvalue weighted by molar-refractivity contribution is -0.138. The van der Waals surface area contributed by atoms with Crippen molar-refractivity contribution in [3.63, 3.8) is 0 Å². The van der Waals surface area contributed by atoms with E-state index in [0.717, 1.165) is 12.1 Å². The number of methoxy groups -OCH3 is 1. The molecule has 0 unspecified atom stereocenters. The Labute approximate surface area is 124 Å². The van der Waals surface area contributed by atoms with Crippen molar-refractivity contribution < 1.29 is 14.6 Å². The van der Waals surface area contributed by atoms with Crippen LogP contribution in [0, 0.1) is 0 Å². The molecule has 112 valence electrons. The molecule has 0 bridgehead atoms. The maximum Gasteiger partial charge on any atom is 0.317 e. The van der Waals surface area contributed by atoms with Crippen LogP contribution >= 0.6 is 11.6 Å². The molecule has 1 aromatic rings. The average molecular weight is 301 g/mol. The third-order valence-corrected chi connectivity index (χ3v) is 3.25. The molecule has 0 aromatic heterocycles. The van der Waals surface area contributed by atoms with Crippen molar-refractivity contribution in [2.75, 3.05) is 40.8 Å². The second-order valence-electron chi connectivity index (χ2n) is 4.83. The SMILES string of the molecule is COc1cccc(Cl)c1CN(CCN(C)C)CC(=O)O. The molecule has 0 radical (unpaired) electrons. The highest BCUT2D eigenvalue weighted by atomic mass is 35.5. The van der Waals surface area contributed by atoms with Crippen LogP contribution in [0.3, 0.4) is 0 Å². The summed E-state index contributed by atoms with van der Waals surface area (Å²) in [6.07, 6.45) is 0. The van der Waals surface area contributed by atoms with Gasteiger partial charge in [0.1, 0.15) is 5.75 Å². The minimum atomic E-state index is -0.852. The van der Waals surface area contributed by atoms with Gasteiger partial charge in [-0.05, 0) is 26.2 Å². The van der Waals surface area contributed by atoms with Gasteiger partial charge in [-0.2, -0.15) is 0 Å². The summed E-state index contributed by atoms with van der Waals surface area (Å²) in [5.74, 6) is -0.174. The smallest absolute Gasteiger partial charge is 0.317 e. The van der Waals surface area contributed by atoms with Crippen LogP contribution < -0.4 is 4.74 Å². The zero-order chi connectivity index (χ0) is 15.1. The molecule has 0 saturated carbocycles. The summed E-state index contributed by atoms with van der Waals surface area (Å²) in [6, 6.07) is 5.42. The molecule has 20 heavy (non-hydrogen) atoms. The van der Waals surface area contributed by atoms with E-state index in [9.17, 15) is 4.79 Å². The first-order valence-corrected chi connectivity index (χ1v) is 6.72. The summed E-state index contributed by atoms with van der Waals surface area (Å²) in [4.78, 5) is 14.8. The number of carboxylic acid groups (broad SMARTS) is 1. The number of nitrogens with zero attached hydrogens (tertiary/aromatic N) is 2. The highest BCUT2D eigenvalue weighted by molar-refractivity contribution is 6.31. The van der Waals surface area contributed by atoms with Gasteiger partial charge < -0.3 is 14.7 Å². The minimum Gasteiger partial charge on any atom is -0.496 e. The first kappa shape index (κ1) is 16.8. The summed E-state index contributed by atoms with van der Waals surface area (Å²) in [5.41, 5.74) is 0.816. The molecule has 0 aliphatic rings. The predicted molar refractivity (Wildman–Crippen MR) is 79.5 cm³/mol. The lowest BCUT2D eigenvalue weighted by Gasteiger charge is -2.23. The van der Waals surface area contributed by atoms with Gasteiger partial charge in [-0.15, -0.1) is 0 Å². The van der Waals surface area contributed by atoms with Crippen LogP contribution in [0.4, 0.5) is 0 Å². The van der Waals surface area contributed by atoms with Gasteiger partial charge in [-0.25, -0.2) is 0 Å². The molecule has 6 heteroatoms. The Bertz CT molecular complexity index is 452. The van der Waals surface area contributed by atoms with Crippen molar-refractivity contribution in [1.29, 1.82) is 0 Å². The fourth-order valence-corrected chi connectivity index (χ4v) is 2.08. The van der Waals surface area contributed by atoms with E-state index in [-0.39, 0.29) is 6.54 Å². The van der Waals surface area contributed by atoms with Gasteiger partial charge in [0.25, 0.3) is 0 Å². The van der Waals surface area contributed by atoms with Crippen molar-refractivity contribution >= 4 is 17.6 Å². The number of aliphatic carboxylic acids is 1. The van der Waals surface area contributed by atoms with Gasteiger partial charge in [0.05, 0.1) is 13.7 Å². The molecule has 0 saturated heterocycles. The summed E-state index contributed by atoms with van der Waals surface area (Å²) in [6.45, 7) is 1.85. The molecule has 5 nitrogen and oxygen atoms in total. The number of likely N-dealkylation sites (N-methyl/N-ethyl adjacent to an activating group) is 1. The largest absolute Gasteiger partial charge is 0.496 e. The van der Waals surface area contributed by atoms with Gasteiger partial charge in [0.15, 0.2) is 0 Å². The van der Waals surface area contributed by atoms with E-state index in [4.69, 9.17) is 21.4 Å². The van der Waals surface area contributed by atoms with Crippen molar-refractivity contribution in [1.82, 2.24) is 9.80 Å². The zero-order valence-electron chi connectivity index (χ0n) is 12.1. The highest BCUT2D eigenvalue weighted by Crippen LogP contribution is 2.27. The number of halogens is 1. The Morgan fingerprint density at radius 2 is 2.05 bits per heavy atom. The van der Waals surface area contributed by atoms with E-state index >= 15 is 0 Å². The van der Waals surface area contributed by atoms with Gasteiger partial charge in [0.2, 0.25) is 0 Å². The van der Waals surface area contributed by atoms with Crippen LogP contribution in [0.15, 0.2) is 18.2 Å². The van der Waals surface area contributed by atoms with Crippen molar-refractivity contribution in [3.8, 4) is 5.75 Å². The van der Waals surface area contributed by atoms with E-state index in [2.05, 4.69) is 0 Å². The number of hydrogen-bond acceptors (Lipinski definition) is 4. The van der Waals surface area contributed by atoms with Crippen LogP contribution in [0.5, 0.6) is 5.75 Å². The fraction of sp³-hybridized carbons (Fsp3) is 0.500. The van der Waals surface area contributed by atoms with Crippen LogP contribution in [-0.4, -0.2) is 61.7 Å². The summed E-state index contributed by atoms with van der Waals surface area (Å²) in [7, 11) is 5.49. The van der Waals surface area contributed by atoms with Crippen molar-refractivity contribution in [2.24, 2.45) is 0 Å². The molecule has 0 fully saturated rings. The highest BCUT2D eigenvalue weighted by Gasteiger charge is 2.15. The topological polar surface area (TPSA) is 53.0 Å². The first-order chi connectivity index (χ1) is 9.43. The molecule has 0 atom stereocenters. The quantitative estimate of drug-likeness (QED) is 0.793. The number of carboxylic acids is 1. The van der Waals surface area contributed by atoms with Crippen molar-refractivity contribution in [2.45, 2.75) is 6.54 Å². The van der Waals surface area contributed by atoms with E-state index in [0.29, 0.717) is 23.9 Å². The van der Waals surface area contributed by atoms with Crippen LogP contribution in [0.25, 0.3) is 0 Å². The Kier molecular flexibility index (Phi) is 6.78. The molecule has 0 spiro atoms. The summed E-state index contributed by atoms with van der Waals surface area (Å²) < 4.78 is 5.29. The van der Waals surface area contributed by atoms with Crippen LogP contribution in [0.1, 0.15) is 5.56 Å². The number of benzene rings is 1. The maximum absolute atomic E-state index is 11.0. The monoisotopic (exact) mass is 300 g/mol. The lowest BCUT2D eigenvalue weighted by Crippen LogP contribution is -2.35. The second-order valence-corrected chi connectivity index (χ2v) is 5.24. The molecule has 0 amide bonds. The number of hydrogen-bond donors (Lipinski definition) is 1. The fourth-order valence-electron chi connectivity index (χ4n) is 1.85. The predicted octanol–water partition coefficient (Wildman–Crippen LogP) is 1.80. The number of carbonyl (C=O) groups is 1. The molecule has 1 aromatic carbocycles. The molecule has 0 aliphatic heterocycles. The van der Waals surface area contributed by atoms with Crippen molar-refractivity contribution in [3.05, 3.63) is 28.8 Å². The second kappa shape index (κ2) is 8.09.